The van der Waals surface area contributed by atoms with Crippen LogP contribution in [0.4, 0.5) is 0 Å². The molecule has 1 saturated carbocycles. The monoisotopic (exact) mass is 293 g/mol. The molecule has 0 heterocycles. The SMILES string of the molecule is CCNC(c1ccc(Cl)c(C)c1)C1CCCC(CC)C1. The summed E-state index contributed by atoms with van der Waals surface area (Å²) in [7, 11) is 0. The molecular formula is C18H28ClN. The van der Waals surface area contributed by atoms with E-state index >= 15 is 0 Å². The van der Waals surface area contributed by atoms with Crippen molar-refractivity contribution in [2.24, 2.45) is 11.8 Å². The van der Waals surface area contributed by atoms with E-state index in [1.165, 1.54) is 43.2 Å². The number of aryl methyl sites for hydroxylation is 1. The van der Waals surface area contributed by atoms with Gasteiger partial charge in [-0.15, -0.1) is 0 Å². The first kappa shape index (κ1) is 15.9. The van der Waals surface area contributed by atoms with Crippen LogP contribution >= 0.6 is 11.6 Å². The normalized spacial score (nSPS) is 24.6. The van der Waals surface area contributed by atoms with Crippen LogP contribution in [-0.2, 0) is 0 Å². The Morgan fingerprint density at radius 1 is 1.30 bits per heavy atom. The van der Waals surface area contributed by atoms with Crippen LogP contribution < -0.4 is 5.32 Å². The second kappa shape index (κ2) is 7.47. The van der Waals surface area contributed by atoms with Gasteiger partial charge in [0.2, 0.25) is 0 Å². The lowest BCUT2D eigenvalue weighted by Crippen LogP contribution is -2.31. The molecular weight excluding hydrogens is 266 g/mol. The molecule has 1 fully saturated rings. The van der Waals surface area contributed by atoms with Crippen molar-refractivity contribution in [1.29, 1.82) is 0 Å². The molecule has 2 heteroatoms. The van der Waals surface area contributed by atoms with Gasteiger partial charge in [-0.1, -0.05) is 56.8 Å². The molecule has 1 aliphatic carbocycles. The molecule has 2 rings (SSSR count). The number of hydrogen-bond acceptors (Lipinski definition) is 1. The van der Waals surface area contributed by atoms with Gasteiger partial charge in [-0.05, 0) is 55.3 Å². The number of benzene rings is 1. The fraction of sp³-hybridized carbons (Fsp3) is 0.667. The van der Waals surface area contributed by atoms with E-state index in [0.29, 0.717) is 6.04 Å². The van der Waals surface area contributed by atoms with E-state index in [1.807, 2.05) is 0 Å². The molecule has 1 aliphatic rings. The van der Waals surface area contributed by atoms with E-state index in [2.05, 4.69) is 44.3 Å². The minimum absolute atomic E-state index is 0.491. The van der Waals surface area contributed by atoms with Crippen LogP contribution in [0.2, 0.25) is 5.02 Å². The largest absolute Gasteiger partial charge is 0.310 e. The van der Waals surface area contributed by atoms with E-state index in [1.54, 1.807) is 0 Å². The Morgan fingerprint density at radius 3 is 2.75 bits per heavy atom. The maximum Gasteiger partial charge on any atom is 0.0435 e. The molecule has 3 unspecified atom stereocenters. The van der Waals surface area contributed by atoms with Gasteiger partial charge < -0.3 is 5.32 Å². The van der Waals surface area contributed by atoms with Crippen molar-refractivity contribution < 1.29 is 0 Å². The van der Waals surface area contributed by atoms with Crippen LogP contribution in [0.1, 0.15) is 63.1 Å². The first-order valence-electron chi connectivity index (χ1n) is 8.15. The highest BCUT2D eigenvalue weighted by molar-refractivity contribution is 6.31. The lowest BCUT2D eigenvalue weighted by molar-refractivity contribution is 0.210. The number of nitrogens with one attached hydrogen (secondary N) is 1. The highest BCUT2D eigenvalue weighted by atomic mass is 35.5. The van der Waals surface area contributed by atoms with E-state index < -0.39 is 0 Å². The topological polar surface area (TPSA) is 12.0 Å². The smallest absolute Gasteiger partial charge is 0.0435 e. The Balaban J connectivity index is 2.18. The maximum absolute atomic E-state index is 6.17. The molecule has 1 aromatic carbocycles. The van der Waals surface area contributed by atoms with Gasteiger partial charge in [-0.25, -0.2) is 0 Å². The number of rotatable bonds is 5. The maximum atomic E-state index is 6.17. The predicted molar refractivity (Wildman–Crippen MR) is 88.3 cm³/mol. The molecule has 112 valence electrons. The quantitative estimate of drug-likeness (QED) is 0.754. The molecule has 1 N–H and O–H groups in total. The zero-order valence-electron chi connectivity index (χ0n) is 13.1. The third-order valence-electron chi connectivity index (χ3n) is 4.84. The van der Waals surface area contributed by atoms with Crippen LogP contribution in [0.15, 0.2) is 18.2 Å². The Morgan fingerprint density at radius 2 is 2.10 bits per heavy atom. The third-order valence-corrected chi connectivity index (χ3v) is 5.26. The minimum Gasteiger partial charge on any atom is -0.310 e. The standard InChI is InChI=1S/C18H28ClN/c1-4-14-7-6-8-15(12-14)18(20-5-2)16-9-10-17(19)13(3)11-16/h9-11,14-15,18,20H,4-8,12H2,1-3H3. The molecule has 1 nitrogen and oxygen atoms in total. The van der Waals surface area contributed by atoms with Crippen LogP contribution in [0, 0.1) is 18.8 Å². The summed E-state index contributed by atoms with van der Waals surface area (Å²) in [5.74, 6) is 1.69. The molecule has 20 heavy (non-hydrogen) atoms. The van der Waals surface area contributed by atoms with Crippen molar-refractivity contribution >= 4 is 11.6 Å². The van der Waals surface area contributed by atoms with Gasteiger partial charge >= 0.3 is 0 Å². The van der Waals surface area contributed by atoms with Crippen molar-refractivity contribution in [3.8, 4) is 0 Å². The van der Waals surface area contributed by atoms with Gasteiger partial charge in [0.25, 0.3) is 0 Å². The van der Waals surface area contributed by atoms with E-state index in [-0.39, 0.29) is 0 Å². The average molecular weight is 294 g/mol. The molecule has 0 bridgehead atoms. The van der Waals surface area contributed by atoms with Gasteiger partial charge in [0.1, 0.15) is 0 Å². The summed E-state index contributed by atoms with van der Waals surface area (Å²) in [6, 6.07) is 7.02. The van der Waals surface area contributed by atoms with Gasteiger partial charge in [0.05, 0.1) is 0 Å². The molecule has 3 atom stereocenters. The van der Waals surface area contributed by atoms with Crippen molar-refractivity contribution in [2.45, 2.75) is 58.9 Å². The van der Waals surface area contributed by atoms with Gasteiger partial charge in [0.15, 0.2) is 0 Å². The van der Waals surface area contributed by atoms with Crippen molar-refractivity contribution in [2.75, 3.05) is 6.54 Å². The Bertz CT molecular complexity index is 429. The highest BCUT2D eigenvalue weighted by Crippen LogP contribution is 2.39. The minimum atomic E-state index is 0.491. The highest BCUT2D eigenvalue weighted by Gasteiger charge is 2.28. The third kappa shape index (κ3) is 3.77. The lowest BCUT2D eigenvalue weighted by atomic mass is 9.75. The average Bonchev–Trinajstić information content (AvgIpc) is 2.48. The molecule has 0 radical (unpaired) electrons. The molecule has 0 spiro atoms. The summed E-state index contributed by atoms with van der Waals surface area (Å²) in [5, 5.41) is 4.59. The fourth-order valence-electron chi connectivity index (χ4n) is 3.64. The van der Waals surface area contributed by atoms with Crippen molar-refractivity contribution in [1.82, 2.24) is 5.32 Å². The van der Waals surface area contributed by atoms with Gasteiger partial charge in [0, 0.05) is 11.1 Å². The molecule has 0 saturated heterocycles. The molecule has 0 amide bonds. The molecule has 1 aromatic rings. The Kier molecular flexibility index (Phi) is 5.92. The first-order chi connectivity index (χ1) is 9.65. The van der Waals surface area contributed by atoms with Crippen LogP contribution in [0.25, 0.3) is 0 Å². The molecule has 0 aromatic heterocycles. The first-order valence-corrected chi connectivity index (χ1v) is 8.52. The van der Waals surface area contributed by atoms with Gasteiger partial charge in [-0.2, -0.15) is 0 Å². The summed E-state index contributed by atoms with van der Waals surface area (Å²) < 4.78 is 0. The van der Waals surface area contributed by atoms with Crippen LogP contribution in [-0.4, -0.2) is 6.54 Å². The van der Waals surface area contributed by atoms with Crippen LogP contribution in [0.5, 0.6) is 0 Å². The lowest BCUT2D eigenvalue weighted by Gasteiger charge is -2.35. The van der Waals surface area contributed by atoms with Gasteiger partial charge in [-0.3, -0.25) is 0 Å². The molecule has 0 aliphatic heterocycles. The van der Waals surface area contributed by atoms with Crippen LogP contribution in [0.3, 0.4) is 0 Å². The summed E-state index contributed by atoms with van der Waals surface area (Å²) >= 11 is 6.17. The zero-order chi connectivity index (χ0) is 14.5. The Hall–Kier alpha value is -0.530. The van der Waals surface area contributed by atoms with E-state index in [4.69, 9.17) is 11.6 Å². The summed E-state index contributed by atoms with van der Waals surface area (Å²) in [6.45, 7) is 7.67. The Labute approximate surface area is 129 Å². The summed E-state index contributed by atoms with van der Waals surface area (Å²) in [4.78, 5) is 0. The summed E-state index contributed by atoms with van der Waals surface area (Å²) in [6.07, 6.45) is 6.86. The number of halogens is 1. The fourth-order valence-corrected chi connectivity index (χ4v) is 3.76. The van der Waals surface area contributed by atoms with Crippen molar-refractivity contribution in [3.63, 3.8) is 0 Å². The van der Waals surface area contributed by atoms with Crippen molar-refractivity contribution in [3.05, 3.63) is 34.3 Å². The second-order valence-corrected chi connectivity index (χ2v) is 6.65. The predicted octanol–water partition coefficient (Wildman–Crippen LogP) is 5.52. The zero-order valence-corrected chi connectivity index (χ0v) is 13.8. The number of hydrogen-bond donors (Lipinski definition) is 1. The second-order valence-electron chi connectivity index (χ2n) is 6.24. The van der Waals surface area contributed by atoms with E-state index in [0.717, 1.165) is 23.4 Å². The summed E-state index contributed by atoms with van der Waals surface area (Å²) in [5.41, 5.74) is 2.60. The van der Waals surface area contributed by atoms with E-state index in [9.17, 15) is 0 Å².